The lowest BCUT2D eigenvalue weighted by atomic mass is 9.80. The molecule has 0 spiro atoms. The lowest BCUT2D eigenvalue weighted by Crippen LogP contribution is -2.43. The molecule has 0 amide bonds. The summed E-state index contributed by atoms with van der Waals surface area (Å²) >= 11 is 0. The van der Waals surface area contributed by atoms with Crippen molar-refractivity contribution < 1.29 is 26.3 Å². The molecular formula is C20H20F6N6. The van der Waals surface area contributed by atoms with Crippen LogP contribution in [0, 0.1) is 28.6 Å². The van der Waals surface area contributed by atoms with Crippen molar-refractivity contribution in [3.8, 4) is 6.07 Å². The molecule has 0 bridgehead atoms. The van der Waals surface area contributed by atoms with Gasteiger partial charge in [0.05, 0.1) is 17.0 Å². The van der Waals surface area contributed by atoms with Gasteiger partial charge in [0.15, 0.2) is 0 Å². The van der Waals surface area contributed by atoms with E-state index in [0.717, 1.165) is 12.3 Å². The Morgan fingerprint density at radius 3 is 2.41 bits per heavy atom. The minimum absolute atomic E-state index is 0.0174. The standard InChI is InChI=1S/C20H20F6N6/c1-10-6-14(20(24,25)26)16(18(29)31-10)17(28)11-2-4-32(5-3-11)15-7-13(19(21,22)23)12(8-27)9-30-15/h7,9,11,14,28,31H,1-6,29H2. The number of allylic oxidation sites excluding steroid dienone is 2. The van der Waals surface area contributed by atoms with Gasteiger partial charge in [-0.05, 0) is 18.9 Å². The van der Waals surface area contributed by atoms with Crippen molar-refractivity contribution in [2.75, 3.05) is 18.0 Å². The fraction of sp³-hybridized carbons (Fsp3) is 0.450. The van der Waals surface area contributed by atoms with E-state index in [2.05, 4.69) is 16.9 Å². The number of nitrogens with two attached hydrogens (primary N) is 1. The van der Waals surface area contributed by atoms with Crippen molar-refractivity contribution in [2.24, 2.45) is 17.6 Å². The number of aromatic nitrogens is 1. The Bertz CT molecular complexity index is 995. The van der Waals surface area contributed by atoms with Crippen molar-refractivity contribution in [3.63, 3.8) is 0 Å². The quantitative estimate of drug-likeness (QED) is 0.468. The molecule has 2 aliphatic heterocycles. The summed E-state index contributed by atoms with van der Waals surface area (Å²) in [5.74, 6) is -2.71. The van der Waals surface area contributed by atoms with Gasteiger partial charge in [0.1, 0.15) is 17.7 Å². The Kier molecular flexibility index (Phi) is 6.13. The first-order chi connectivity index (χ1) is 14.8. The number of anilines is 1. The number of halogens is 6. The number of pyridine rings is 1. The van der Waals surface area contributed by atoms with Crippen molar-refractivity contribution in [3.05, 3.63) is 47.1 Å². The van der Waals surface area contributed by atoms with Crippen LogP contribution in [0.1, 0.15) is 30.4 Å². The second kappa shape index (κ2) is 8.37. The Labute approximate surface area is 179 Å². The van der Waals surface area contributed by atoms with Crippen LogP contribution in [0.4, 0.5) is 32.2 Å². The minimum atomic E-state index is -4.72. The van der Waals surface area contributed by atoms with Crippen molar-refractivity contribution in [1.82, 2.24) is 10.3 Å². The molecule has 3 rings (SSSR count). The molecule has 1 aromatic rings. The van der Waals surface area contributed by atoms with Gasteiger partial charge in [-0.15, -0.1) is 0 Å². The largest absolute Gasteiger partial charge is 0.417 e. The first-order valence-corrected chi connectivity index (χ1v) is 9.65. The summed E-state index contributed by atoms with van der Waals surface area (Å²) in [4.78, 5) is 5.48. The molecule has 0 aliphatic carbocycles. The highest BCUT2D eigenvalue weighted by Gasteiger charge is 2.47. The van der Waals surface area contributed by atoms with Crippen LogP contribution in [0.15, 0.2) is 35.9 Å². The van der Waals surface area contributed by atoms with E-state index in [1.165, 1.54) is 6.07 Å². The van der Waals surface area contributed by atoms with Gasteiger partial charge >= 0.3 is 12.4 Å². The molecule has 0 radical (unpaired) electrons. The average molecular weight is 458 g/mol. The summed E-state index contributed by atoms with van der Waals surface area (Å²) in [7, 11) is 0. The van der Waals surface area contributed by atoms with Crippen LogP contribution in [0.3, 0.4) is 0 Å². The van der Waals surface area contributed by atoms with Crippen LogP contribution in [-0.2, 0) is 6.18 Å². The van der Waals surface area contributed by atoms with Gasteiger partial charge in [0.25, 0.3) is 0 Å². The second-order valence-electron chi connectivity index (χ2n) is 7.73. The maximum absolute atomic E-state index is 13.6. The number of nitrogens with zero attached hydrogens (tertiary/aromatic N) is 3. The minimum Gasteiger partial charge on any atom is -0.385 e. The number of nitrogens with one attached hydrogen (secondary N) is 2. The molecule has 1 saturated heterocycles. The molecule has 172 valence electrons. The summed E-state index contributed by atoms with van der Waals surface area (Å²) in [5.41, 5.74) is 3.67. The first-order valence-electron chi connectivity index (χ1n) is 9.65. The highest BCUT2D eigenvalue weighted by Crippen LogP contribution is 2.41. The number of nitriles is 1. The zero-order chi connectivity index (χ0) is 23.8. The molecule has 1 aromatic heterocycles. The predicted octanol–water partition coefficient (Wildman–Crippen LogP) is 4.06. The van der Waals surface area contributed by atoms with Crippen LogP contribution in [-0.4, -0.2) is 30.0 Å². The van der Waals surface area contributed by atoms with E-state index in [1.807, 2.05) is 0 Å². The summed E-state index contributed by atoms with van der Waals surface area (Å²) in [6, 6.07) is 2.26. The lowest BCUT2D eigenvalue weighted by molar-refractivity contribution is -0.163. The third-order valence-corrected chi connectivity index (χ3v) is 5.63. The van der Waals surface area contributed by atoms with Gasteiger partial charge in [-0.2, -0.15) is 31.6 Å². The smallest absolute Gasteiger partial charge is 0.385 e. The van der Waals surface area contributed by atoms with E-state index in [9.17, 15) is 26.3 Å². The fourth-order valence-corrected chi connectivity index (χ4v) is 4.02. The monoisotopic (exact) mass is 458 g/mol. The van der Waals surface area contributed by atoms with E-state index in [0.29, 0.717) is 0 Å². The van der Waals surface area contributed by atoms with Gasteiger partial charge in [-0.1, -0.05) is 6.58 Å². The Hall–Kier alpha value is -3.23. The maximum atomic E-state index is 13.6. The van der Waals surface area contributed by atoms with Crippen LogP contribution < -0.4 is 16.0 Å². The number of hydrogen-bond donors (Lipinski definition) is 3. The number of alkyl halides is 6. The van der Waals surface area contributed by atoms with Crippen molar-refractivity contribution in [1.29, 1.82) is 10.7 Å². The Morgan fingerprint density at radius 1 is 1.25 bits per heavy atom. The van der Waals surface area contributed by atoms with E-state index in [1.54, 1.807) is 4.90 Å². The topological polar surface area (TPSA) is 102 Å². The van der Waals surface area contributed by atoms with Crippen molar-refractivity contribution in [2.45, 2.75) is 31.6 Å². The van der Waals surface area contributed by atoms with E-state index < -0.39 is 41.7 Å². The molecule has 3 heterocycles. The molecule has 1 fully saturated rings. The molecule has 2 aliphatic rings. The molecule has 1 atom stereocenters. The highest BCUT2D eigenvalue weighted by atomic mass is 19.4. The molecular weight excluding hydrogens is 438 g/mol. The maximum Gasteiger partial charge on any atom is 0.417 e. The summed E-state index contributed by atoms with van der Waals surface area (Å²) in [6.45, 7) is 3.88. The molecule has 12 heteroatoms. The Morgan fingerprint density at radius 2 is 1.88 bits per heavy atom. The molecule has 6 nitrogen and oxygen atoms in total. The number of piperidine rings is 1. The Balaban J connectivity index is 1.77. The molecule has 4 N–H and O–H groups in total. The van der Waals surface area contributed by atoms with Crippen LogP contribution >= 0.6 is 0 Å². The van der Waals surface area contributed by atoms with Gasteiger partial charge in [0, 0.05) is 48.6 Å². The van der Waals surface area contributed by atoms with Crippen LogP contribution in [0.5, 0.6) is 0 Å². The molecule has 0 saturated carbocycles. The van der Waals surface area contributed by atoms with Crippen molar-refractivity contribution >= 4 is 11.5 Å². The van der Waals surface area contributed by atoms with Gasteiger partial charge in [0.2, 0.25) is 0 Å². The lowest BCUT2D eigenvalue weighted by Gasteiger charge is -2.37. The first kappa shape index (κ1) is 23.4. The highest BCUT2D eigenvalue weighted by molar-refractivity contribution is 6.01. The second-order valence-corrected chi connectivity index (χ2v) is 7.73. The van der Waals surface area contributed by atoms with Gasteiger partial charge in [-0.3, -0.25) is 0 Å². The summed E-state index contributed by atoms with van der Waals surface area (Å²) in [6.07, 6.45) is -8.41. The van der Waals surface area contributed by atoms with Crippen LogP contribution in [0.25, 0.3) is 0 Å². The van der Waals surface area contributed by atoms with E-state index >= 15 is 0 Å². The van der Waals surface area contributed by atoms with Gasteiger partial charge < -0.3 is 21.4 Å². The zero-order valence-electron chi connectivity index (χ0n) is 16.7. The van der Waals surface area contributed by atoms with E-state index in [4.69, 9.17) is 16.4 Å². The molecule has 1 unspecified atom stereocenters. The summed E-state index contributed by atoms with van der Waals surface area (Å²) in [5, 5.41) is 19.9. The summed E-state index contributed by atoms with van der Waals surface area (Å²) < 4.78 is 80.3. The van der Waals surface area contributed by atoms with Gasteiger partial charge in [-0.25, -0.2) is 4.98 Å². The SMILES string of the molecule is C=C1CC(C(F)(F)F)C(C(=N)C2CCN(c3cc(C(F)(F)F)c(C#N)cn3)CC2)=C(N)N1. The molecule has 32 heavy (non-hydrogen) atoms. The number of hydrogen-bond acceptors (Lipinski definition) is 6. The molecule has 0 aromatic carbocycles. The third-order valence-electron chi connectivity index (χ3n) is 5.63. The normalized spacial score (nSPS) is 20.7. The van der Waals surface area contributed by atoms with E-state index in [-0.39, 0.29) is 54.6 Å². The number of rotatable bonds is 3. The van der Waals surface area contributed by atoms with Crippen LogP contribution in [0.2, 0.25) is 0 Å². The predicted molar refractivity (Wildman–Crippen MR) is 104 cm³/mol. The zero-order valence-corrected chi connectivity index (χ0v) is 16.7. The fourth-order valence-electron chi connectivity index (χ4n) is 4.02. The third kappa shape index (κ3) is 4.66. The average Bonchev–Trinajstić information content (AvgIpc) is 2.71.